The maximum absolute atomic E-state index is 12.5. The van der Waals surface area contributed by atoms with Crippen molar-refractivity contribution in [2.45, 2.75) is 4.90 Å². The summed E-state index contributed by atoms with van der Waals surface area (Å²) < 4.78 is 33.0. The zero-order valence-electron chi connectivity index (χ0n) is 15.3. The number of nitrogens with two attached hydrogens (primary N) is 1. The van der Waals surface area contributed by atoms with Crippen molar-refractivity contribution in [1.82, 2.24) is 5.43 Å². The number of halogens is 1. The largest absolute Gasteiger partial charge is 1.00 e. The number of amides is 1. The molecule has 0 saturated carbocycles. The van der Waals surface area contributed by atoms with Gasteiger partial charge in [-0.2, -0.15) is 8.42 Å². The molecule has 0 aliphatic carbocycles. The second-order valence-corrected chi connectivity index (χ2v) is 11.1. The zero-order chi connectivity index (χ0) is 20.2. The first-order chi connectivity index (χ1) is 13.4. The van der Waals surface area contributed by atoms with Crippen LogP contribution in [0.4, 0.5) is 0 Å². The van der Waals surface area contributed by atoms with E-state index in [0.29, 0.717) is 5.30 Å². The van der Waals surface area contributed by atoms with Gasteiger partial charge in [-0.3, -0.25) is 14.8 Å². The SMILES string of the molecule is NNC(=O)C[P+](c1ccccc1)(c1ccccc1)c1cccc(S(=O)(=O)O)c1.[Br-]. The summed E-state index contributed by atoms with van der Waals surface area (Å²) in [5.74, 6) is 5.03. The van der Waals surface area contributed by atoms with Gasteiger partial charge in [0.2, 0.25) is 0 Å². The van der Waals surface area contributed by atoms with Crippen molar-refractivity contribution in [3.8, 4) is 0 Å². The highest BCUT2D eigenvalue weighted by atomic mass is 79.9. The topological polar surface area (TPSA) is 109 Å². The zero-order valence-corrected chi connectivity index (χ0v) is 18.6. The van der Waals surface area contributed by atoms with Crippen LogP contribution in [0.25, 0.3) is 0 Å². The first-order valence-electron chi connectivity index (χ1n) is 8.45. The fourth-order valence-corrected chi connectivity index (χ4v) is 7.87. The third-order valence-electron chi connectivity index (χ3n) is 4.49. The molecule has 0 radical (unpaired) electrons. The standard InChI is InChI=1S/C20H19N2O4PS.BrH/c21-22-20(23)15-27(16-8-3-1-4-9-16,17-10-5-2-6-11-17)18-12-7-13-19(14-18)28(24,25)26;/h1-14H,15,21H2,(H-,22,23,24,25,26);1H. The van der Waals surface area contributed by atoms with Gasteiger partial charge in [-0.15, -0.1) is 0 Å². The van der Waals surface area contributed by atoms with Crippen molar-refractivity contribution in [2.24, 2.45) is 5.84 Å². The molecular formula is C20H20BrN2O4PS. The number of carbonyl (C=O) groups is 1. The summed E-state index contributed by atoms with van der Waals surface area (Å²) in [6.45, 7) is 0. The number of rotatable bonds is 6. The Kier molecular flexibility index (Phi) is 7.68. The fourth-order valence-electron chi connectivity index (χ4n) is 3.23. The number of benzene rings is 3. The van der Waals surface area contributed by atoms with E-state index in [1.807, 2.05) is 60.7 Å². The van der Waals surface area contributed by atoms with Crippen LogP contribution in [-0.2, 0) is 14.9 Å². The van der Waals surface area contributed by atoms with E-state index >= 15 is 0 Å². The van der Waals surface area contributed by atoms with E-state index in [1.54, 1.807) is 12.1 Å². The number of hydrazine groups is 1. The molecule has 0 aliphatic rings. The van der Waals surface area contributed by atoms with E-state index in [2.05, 4.69) is 5.43 Å². The maximum Gasteiger partial charge on any atom is 0.294 e. The van der Waals surface area contributed by atoms with Gasteiger partial charge in [0, 0.05) is 6.07 Å². The Bertz CT molecular complexity index is 1040. The molecule has 0 aliphatic heterocycles. The molecule has 3 aromatic rings. The summed E-state index contributed by atoms with van der Waals surface area (Å²) in [6.07, 6.45) is 0.0620. The second-order valence-electron chi connectivity index (χ2n) is 6.18. The summed E-state index contributed by atoms with van der Waals surface area (Å²) >= 11 is 0. The number of nitrogens with one attached hydrogen (secondary N) is 1. The minimum Gasteiger partial charge on any atom is -1.00 e. The van der Waals surface area contributed by atoms with E-state index in [1.165, 1.54) is 12.1 Å². The summed E-state index contributed by atoms with van der Waals surface area (Å²) in [5.41, 5.74) is 2.20. The number of hydrogen-bond acceptors (Lipinski definition) is 4. The van der Waals surface area contributed by atoms with Gasteiger partial charge in [0.05, 0.1) is 4.90 Å². The predicted molar refractivity (Wildman–Crippen MR) is 112 cm³/mol. The monoisotopic (exact) mass is 494 g/mol. The molecule has 0 fully saturated rings. The van der Waals surface area contributed by atoms with Crippen molar-refractivity contribution in [3.05, 3.63) is 84.9 Å². The molecule has 4 N–H and O–H groups in total. The van der Waals surface area contributed by atoms with Crippen LogP contribution in [0.1, 0.15) is 0 Å². The molecule has 0 spiro atoms. The summed E-state index contributed by atoms with van der Waals surface area (Å²) in [6, 6.07) is 25.1. The average molecular weight is 495 g/mol. The summed E-state index contributed by atoms with van der Waals surface area (Å²) in [7, 11) is -6.98. The Morgan fingerprint density at radius 2 is 1.34 bits per heavy atom. The molecule has 0 unspecified atom stereocenters. The number of hydrogen-bond donors (Lipinski definition) is 3. The highest BCUT2D eigenvalue weighted by molar-refractivity contribution is 7.96. The molecular weight excluding hydrogens is 475 g/mol. The molecule has 3 aromatic carbocycles. The lowest BCUT2D eigenvalue weighted by Gasteiger charge is -2.27. The lowest BCUT2D eigenvalue weighted by molar-refractivity contribution is -0.118. The van der Waals surface area contributed by atoms with Crippen molar-refractivity contribution in [1.29, 1.82) is 0 Å². The van der Waals surface area contributed by atoms with Crippen LogP contribution in [0.15, 0.2) is 89.8 Å². The average Bonchev–Trinajstić information content (AvgIpc) is 2.72. The van der Waals surface area contributed by atoms with Gasteiger partial charge in [-0.1, -0.05) is 42.5 Å². The Hall–Kier alpha value is -2.09. The van der Waals surface area contributed by atoms with E-state index in [-0.39, 0.29) is 33.9 Å². The molecule has 1 amide bonds. The Morgan fingerprint density at radius 3 is 1.79 bits per heavy atom. The minimum atomic E-state index is -4.39. The van der Waals surface area contributed by atoms with Crippen LogP contribution in [-0.4, -0.2) is 25.0 Å². The van der Waals surface area contributed by atoms with Crippen LogP contribution < -0.4 is 44.2 Å². The van der Waals surface area contributed by atoms with Gasteiger partial charge in [-0.25, -0.2) is 5.84 Å². The van der Waals surface area contributed by atoms with Crippen molar-refractivity contribution < 1.29 is 34.7 Å². The molecule has 0 atom stereocenters. The minimum absolute atomic E-state index is 0. The molecule has 0 heterocycles. The molecule has 9 heteroatoms. The maximum atomic E-state index is 12.5. The lowest BCUT2D eigenvalue weighted by Crippen LogP contribution is -3.00. The van der Waals surface area contributed by atoms with Crippen LogP contribution in [0.2, 0.25) is 0 Å². The molecule has 6 nitrogen and oxygen atoms in total. The quantitative estimate of drug-likeness (QED) is 0.123. The van der Waals surface area contributed by atoms with Gasteiger partial charge in [0.25, 0.3) is 16.0 Å². The predicted octanol–water partition coefficient (Wildman–Crippen LogP) is -1.78. The Balaban J connectivity index is 0.00000300. The lowest BCUT2D eigenvalue weighted by atomic mass is 10.3. The van der Waals surface area contributed by atoms with Gasteiger partial charge < -0.3 is 17.0 Å². The van der Waals surface area contributed by atoms with Crippen molar-refractivity contribution in [3.63, 3.8) is 0 Å². The Labute approximate surface area is 181 Å². The summed E-state index contributed by atoms with van der Waals surface area (Å²) in [4.78, 5) is 12.2. The van der Waals surface area contributed by atoms with Crippen LogP contribution in [0.3, 0.4) is 0 Å². The molecule has 0 aromatic heterocycles. The van der Waals surface area contributed by atoms with E-state index < -0.39 is 17.4 Å². The molecule has 152 valence electrons. The third-order valence-corrected chi connectivity index (χ3v) is 9.62. The molecule has 0 saturated heterocycles. The van der Waals surface area contributed by atoms with Crippen molar-refractivity contribution >= 4 is 39.2 Å². The van der Waals surface area contributed by atoms with Crippen LogP contribution in [0, 0.1) is 0 Å². The van der Waals surface area contributed by atoms with Crippen molar-refractivity contribution in [2.75, 3.05) is 6.16 Å². The first kappa shape index (κ1) is 23.2. The van der Waals surface area contributed by atoms with Crippen LogP contribution in [0.5, 0.6) is 0 Å². The fraction of sp³-hybridized carbons (Fsp3) is 0.0500. The summed E-state index contributed by atoms with van der Waals surface area (Å²) in [5, 5.41) is 2.46. The van der Waals surface area contributed by atoms with Gasteiger partial charge in [-0.05, 0) is 36.4 Å². The molecule has 0 bridgehead atoms. The molecule has 3 rings (SSSR count). The molecule has 29 heavy (non-hydrogen) atoms. The smallest absolute Gasteiger partial charge is 0.294 e. The van der Waals surface area contributed by atoms with Gasteiger partial charge in [0.15, 0.2) is 6.16 Å². The highest BCUT2D eigenvalue weighted by Gasteiger charge is 2.47. The van der Waals surface area contributed by atoms with Gasteiger partial charge >= 0.3 is 0 Å². The van der Waals surface area contributed by atoms with E-state index in [0.717, 1.165) is 10.6 Å². The second kappa shape index (κ2) is 9.61. The highest BCUT2D eigenvalue weighted by Crippen LogP contribution is 2.55. The van der Waals surface area contributed by atoms with E-state index in [4.69, 9.17) is 5.84 Å². The third kappa shape index (κ3) is 4.91. The van der Waals surface area contributed by atoms with Crippen LogP contribution >= 0.6 is 7.26 Å². The first-order valence-corrected chi connectivity index (χ1v) is 11.9. The number of carbonyl (C=O) groups excluding carboxylic acids is 1. The van der Waals surface area contributed by atoms with E-state index in [9.17, 15) is 17.8 Å². The van der Waals surface area contributed by atoms with Gasteiger partial charge in [0.1, 0.15) is 23.2 Å². The Morgan fingerprint density at radius 1 is 0.862 bits per heavy atom. The normalized spacial score (nSPS) is 11.4.